The highest BCUT2D eigenvalue weighted by atomic mass is 16.7. The predicted octanol–water partition coefficient (Wildman–Crippen LogP) is 8.98. The van der Waals surface area contributed by atoms with Crippen molar-refractivity contribution in [2.75, 3.05) is 56.5 Å². The molecule has 0 aromatic rings. The third kappa shape index (κ3) is 12.8. The van der Waals surface area contributed by atoms with Gasteiger partial charge >= 0.3 is 0 Å². The van der Waals surface area contributed by atoms with Crippen LogP contribution in [0.4, 0.5) is 0 Å². The number of nitrogens with zero attached hydrogens (tertiary/aromatic N) is 6. The summed E-state index contributed by atoms with van der Waals surface area (Å²) in [5.74, 6) is 0. The Hall–Kier alpha value is -0.360. The zero-order valence-electron chi connectivity index (χ0n) is 37.0. The molecule has 0 spiro atoms. The number of hydrogen-bond acceptors (Lipinski definition) is 9. The van der Waals surface area contributed by atoms with Crippen LogP contribution in [0.3, 0.4) is 0 Å². The predicted molar refractivity (Wildman–Crippen MR) is 221 cm³/mol. The molecule has 0 aromatic heterocycles. The van der Waals surface area contributed by atoms with Crippen LogP contribution in [0.1, 0.15) is 163 Å². The quantitative estimate of drug-likeness (QED) is 0.256. The van der Waals surface area contributed by atoms with E-state index in [9.17, 15) is 0 Å². The zero-order chi connectivity index (χ0) is 38.7. The van der Waals surface area contributed by atoms with Gasteiger partial charge in [-0.15, -0.1) is 0 Å². The fourth-order valence-corrected chi connectivity index (χ4v) is 10.3. The van der Waals surface area contributed by atoms with Crippen LogP contribution >= 0.6 is 0 Å². The lowest BCUT2D eigenvalue weighted by molar-refractivity contribution is -0.313. The van der Waals surface area contributed by atoms with Crippen LogP contribution in [0.15, 0.2) is 0 Å². The van der Waals surface area contributed by atoms with Gasteiger partial charge < -0.3 is 24.4 Å². The lowest BCUT2D eigenvalue weighted by Crippen LogP contribution is -2.64. The van der Waals surface area contributed by atoms with Gasteiger partial charge in [0.05, 0.1) is 20.3 Å². The fraction of sp³-hybridized carbons (Fsp3) is 1.00. The van der Waals surface area contributed by atoms with E-state index < -0.39 is 0 Å². The van der Waals surface area contributed by atoms with E-state index in [4.69, 9.17) is 14.5 Å². The fourth-order valence-electron chi connectivity index (χ4n) is 10.3. The van der Waals surface area contributed by atoms with Crippen molar-refractivity contribution in [2.45, 2.75) is 219 Å². The van der Waals surface area contributed by atoms with Gasteiger partial charge in [-0.25, -0.2) is 0 Å². The maximum Gasteiger partial charge on any atom is 0.0793 e. The normalized spacial score (nSPS) is 27.4. The molecule has 4 aliphatic rings. The largest absolute Gasteiger partial charge is 0.306 e. The van der Waals surface area contributed by atoms with Crippen molar-refractivity contribution in [1.29, 1.82) is 0 Å². The second kappa shape index (κ2) is 18.5. The van der Waals surface area contributed by atoms with Gasteiger partial charge in [0.25, 0.3) is 0 Å². The van der Waals surface area contributed by atoms with Gasteiger partial charge in [-0.1, -0.05) is 26.7 Å². The Morgan fingerprint density at radius 2 is 0.667 bits per heavy atom. The molecule has 3 aliphatic heterocycles. The van der Waals surface area contributed by atoms with Gasteiger partial charge in [0.1, 0.15) is 0 Å². The van der Waals surface area contributed by atoms with E-state index in [1.54, 1.807) is 14.2 Å². The summed E-state index contributed by atoms with van der Waals surface area (Å²) >= 11 is 0. The van der Waals surface area contributed by atoms with E-state index in [0.29, 0.717) is 24.2 Å². The average molecular weight is 729 g/mol. The molecule has 0 amide bonds. The highest BCUT2D eigenvalue weighted by Crippen LogP contribution is 2.42. The standard InChI is InChI=1S/C17H34N2O.2C12H26N2O.CH4.H2/c1-16(2)12-14(18(5)6)13-17(3,4)19(16)20-15-10-8-7-9-11-15;2*1-11(2)8-10(13(5)6)9-12(3,4)14(11)15-7;;/h14-15H,7-13H2,1-6H3;2*10H,8-9H2,1-7H3;1H4;1H. The summed E-state index contributed by atoms with van der Waals surface area (Å²) in [7, 11) is 16.6. The van der Waals surface area contributed by atoms with Crippen LogP contribution in [0, 0.1) is 0 Å². The molecule has 4 rings (SSSR count). The Labute approximate surface area is 320 Å². The first-order chi connectivity index (χ1) is 22.6. The van der Waals surface area contributed by atoms with E-state index in [1.165, 1.54) is 44.9 Å². The van der Waals surface area contributed by atoms with Crippen molar-refractivity contribution >= 4 is 0 Å². The molecule has 0 atom stereocenters. The van der Waals surface area contributed by atoms with E-state index in [1.807, 2.05) is 0 Å². The van der Waals surface area contributed by atoms with Crippen molar-refractivity contribution < 1.29 is 15.9 Å². The molecule has 3 heterocycles. The van der Waals surface area contributed by atoms with Crippen molar-refractivity contribution in [3.63, 3.8) is 0 Å². The Kier molecular flexibility index (Phi) is 17.7. The molecular weight excluding hydrogens is 637 g/mol. The van der Waals surface area contributed by atoms with Gasteiger partial charge in [0.2, 0.25) is 0 Å². The maximum atomic E-state index is 6.51. The summed E-state index contributed by atoms with van der Waals surface area (Å²) in [4.78, 5) is 24.7. The van der Waals surface area contributed by atoms with Gasteiger partial charge in [-0.05, 0) is 177 Å². The zero-order valence-corrected chi connectivity index (χ0v) is 37.0. The lowest BCUT2D eigenvalue weighted by Gasteiger charge is -2.56. The molecule has 51 heavy (non-hydrogen) atoms. The van der Waals surface area contributed by atoms with Crippen molar-refractivity contribution in [3.05, 3.63) is 0 Å². The van der Waals surface area contributed by atoms with Crippen LogP contribution in [-0.4, -0.2) is 144 Å². The number of piperidine rings is 3. The van der Waals surface area contributed by atoms with Crippen LogP contribution < -0.4 is 0 Å². The van der Waals surface area contributed by atoms with Gasteiger partial charge in [0.15, 0.2) is 0 Å². The second-order valence-electron chi connectivity index (χ2n) is 20.6. The number of rotatable bonds is 7. The van der Waals surface area contributed by atoms with Gasteiger partial charge in [-0.2, -0.15) is 15.2 Å². The van der Waals surface area contributed by atoms with Crippen LogP contribution in [0.5, 0.6) is 0 Å². The molecule has 308 valence electrons. The molecule has 4 fully saturated rings. The van der Waals surface area contributed by atoms with Crippen molar-refractivity contribution in [1.82, 2.24) is 29.9 Å². The molecule has 0 bridgehead atoms. The Bertz CT molecular complexity index is 923. The minimum absolute atomic E-state index is 0. The molecule has 0 N–H and O–H groups in total. The average Bonchev–Trinajstić information content (AvgIpc) is 2.93. The number of hydrogen-bond donors (Lipinski definition) is 0. The first kappa shape index (κ1) is 48.7. The summed E-state index contributed by atoms with van der Waals surface area (Å²) in [5.41, 5.74) is 0.621. The van der Waals surface area contributed by atoms with Gasteiger partial charge in [0, 0.05) is 52.8 Å². The Morgan fingerprint density at radius 3 is 0.882 bits per heavy atom. The SMILES string of the molecule is C.CN(C)C1CC(C)(C)N(OC2CCCCC2)C(C)(C)C1.CON1C(C)(C)CC(N(C)C)CC1(C)C.CON1C(C)(C)CC(N(C)C)CC1(C)C.[HH]. The molecule has 0 radical (unpaired) electrons. The molecule has 9 nitrogen and oxygen atoms in total. The van der Waals surface area contributed by atoms with Crippen LogP contribution in [0.25, 0.3) is 0 Å². The summed E-state index contributed by atoms with van der Waals surface area (Å²) in [5, 5.41) is 6.65. The van der Waals surface area contributed by atoms with Gasteiger partial charge in [-0.3, -0.25) is 4.84 Å². The third-order valence-electron chi connectivity index (χ3n) is 12.1. The van der Waals surface area contributed by atoms with E-state index >= 15 is 0 Å². The second-order valence-corrected chi connectivity index (χ2v) is 20.6. The molecule has 1 saturated carbocycles. The Morgan fingerprint density at radius 1 is 0.431 bits per heavy atom. The smallest absolute Gasteiger partial charge is 0.0793 e. The maximum absolute atomic E-state index is 6.51. The molecule has 1 aliphatic carbocycles. The van der Waals surface area contributed by atoms with E-state index in [2.05, 4.69) is 155 Å². The lowest BCUT2D eigenvalue weighted by atomic mass is 9.78. The minimum atomic E-state index is 0. The highest BCUT2D eigenvalue weighted by molar-refractivity contribution is 5.01. The first-order valence-corrected chi connectivity index (χ1v) is 19.8. The molecule has 9 heteroatoms. The minimum Gasteiger partial charge on any atom is -0.306 e. The molecule has 0 aromatic carbocycles. The third-order valence-corrected chi connectivity index (χ3v) is 12.1. The number of hydroxylamine groups is 6. The monoisotopic (exact) mass is 729 g/mol. The van der Waals surface area contributed by atoms with Crippen LogP contribution in [-0.2, 0) is 14.5 Å². The molecular formula is C42H92N6O3. The van der Waals surface area contributed by atoms with Crippen molar-refractivity contribution in [2.24, 2.45) is 0 Å². The topological polar surface area (TPSA) is 47.1 Å². The first-order valence-electron chi connectivity index (χ1n) is 19.8. The highest BCUT2D eigenvalue weighted by Gasteiger charge is 2.49. The molecule has 0 unspecified atom stereocenters. The van der Waals surface area contributed by atoms with Crippen LogP contribution in [0.2, 0.25) is 0 Å². The van der Waals surface area contributed by atoms with Crippen molar-refractivity contribution in [3.8, 4) is 0 Å². The summed E-state index contributed by atoms with van der Waals surface area (Å²) in [6, 6.07) is 1.93. The Balaban J connectivity index is 0.000000748. The molecule has 3 saturated heterocycles. The summed E-state index contributed by atoms with van der Waals surface area (Å²) in [6.45, 7) is 27.4. The van der Waals surface area contributed by atoms with E-state index in [-0.39, 0.29) is 42.1 Å². The summed E-state index contributed by atoms with van der Waals surface area (Å²) in [6.07, 6.45) is 13.9. The summed E-state index contributed by atoms with van der Waals surface area (Å²) < 4.78 is 0. The van der Waals surface area contributed by atoms with E-state index in [0.717, 1.165) is 25.7 Å².